The minimum atomic E-state index is 0.741. The summed E-state index contributed by atoms with van der Waals surface area (Å²) in [6, 6.07) is 0. The van der Waals surface area contributed by atoms with E-state index in [-0.39, 0.29) is 0 Å². The van der Waals surface area contributed by atoms with Crippen molar-refractivity contribution in [2.24, 2.45) is 0 Å². The van der Waals surface area contributed by atoms with Gasteiger partial charge in [0.25, 0.3) is 0 Å². The molecule has 0 radical (unpaired) electrons. The van der Waals surface area contributed by atoms with E-state index in [9.17, 15) is 0 Å². The summed E-state index contributed by atoms with van der Waals surface area (Å²) in [6.07, 6.45) is 2.79. The molecular formula is C11H16N2S2. The molecule has 1 unspecified atom stereocenters. The van der Waals surface area contributed by atoms with E-state index in [4.69, 9.17) is 0 Å². The first-order valence-electron chi connectivity index (χ1n) is 5.61. The van der Waals surface area contributed by atoms with E-state index in [1.807, 2.05) is 0 Å². The first-order chi connectivity index (χ1) is 7.42. The van der Waals surface area contributed by atoms with Crippen LogP contribution in [-0.4, -0.2) is 36.3 Å². The van der Waals surface area contributed by atoms with Gasteiger partial charge in [0.15, 0.2) is 0 Å². The molecule has 1 N–H and O–H groups in total. The molecule has 1 atom stereocenters. The lowest BCUT2D eigenvalue weighted by molar-refractivity contribution is 0.341. The van der Waals surface area contributed by atoms with Crippen molar-refractivity contribution in [3.63, 3.8) is 0 Å². The third-order valence-electron chi connectivity index (χ3n) is 3.10. The Morgan fingerprint density at radius 1 is 1.33 bits per heavy atom. The Hall–Kier alpha value is -0.190. The number of thioether (sulfide) groups is 1. The van der Waals surface area contributed by atoms with Gasteiger partial charge in [0.1, 0.15) is 0 Å². The minimum Gasteiger partial charge on any atom is -0.382 e. The standard InChI is InChI=1S/C11H16N2S2/c1-2-4-13(3-1)6-9-5-12-10-7-14-8-11(10)15-9/h7-9,12H,1-6H2. The van der Waals surface area contributed by atoms with Crippen LogP contribution in [-0.2, 0) is 0 Å². The van der Waals surface area contributed by atoms with Gasteiger partial charge in [-0.1, -0.05) is 0 Å². The summed E-state index contributed by atoms with van der Waals surface area (Å²) >= 11 is 3.86. The van der Waals surface area contributed by atoms with E-state index in [1.165, 1.54) is 43.1 Å². The molecule has 2 nitrogen and oxygen atoms in total. The third kappa shape index (κ3) is 2.17. The Kier molecular flexibility index (Phi) is 2.90. The Morgan fingerprint density at radius 2 is 2.20 bits per heavy atom. The van der Waals surface area contributed by atoms with Gasteiger partial charge in [-0.2, -0.15) is 0 Å². The number of likely N-dealkylation sites (tertiary alicyclic amines) is 1. The maximum atomic E-state index is 3.53. The van der Waals surface area contributed by atoms with Crippen molar-refractivity contribution in [3.05, 3.63) is 10.8 Å². The average Bonchev–Trinajstić information content (AvgIpc) is 2.87. The number of anilines is 1. The van der Waals surface area contributed by atoms with Crippen LogP contribution >= 0.6 is 23.1 Å². The smallest absolute Gasteiger partial charge is 0.0587 e. The third-order valence-corrected chi connectivity index (χ3v) is 5.23. The van der Waals surface area contributed by atoms with Crippen LogP contribution in [0.3, 0.4) is 0 Å². The molecule has 2 aliphatic rings. The van der Waals surface area contributed by atoms with Crippen LogP contribution in [0.15, 0.2) is 15.7 Å². The van der Waals surface area contributed by atoms with Crippen molar-refractivity contribution in [2.45, 2.75) is 23.0 Å². The minimum absolute atomic E-state index is 0.741. The van der Waals surface area contributed by atoms with Crippen LogP contribution in [0.2, 0.25) is 0 Å². The number of nitrogens with one attached hydrogen (secondary N) is 1. The second kappa shape index (κ2) is 4.36. The number of thiophene rings is 1. The van der Waals surface area contributed by atoms with Crippen molar-refractivity contribution < 1.29 is 0 Å². The zero-order chi connectivity index (χ0) is 10.1. The molecule has 1 saturated heterocycles. The van der Waals surface area contributed by atoms with Gasteiger partial charge >= 0.3 is 0 Å². The molecule has 0 bridgehead atoms. The van der Waals surface area contributed by atoms with Crippen LogP contribution in [0.4, 0.5) is 5.69 Å². The lowest BCUT2D eigenvalue weighted by Gasteiger charge is -2.27. The Labute approximate surface area is 99.0 Å². The topological polar surface area (TPSA) is 15.3 Å². The normalized spacial score (nSPS) is 26.3. The van der Waals surface area contributed by atoms with Crippen LogP contribution in [0.25, 0.3) is 0 Å². The predicted octanol–water partition coefficient (Wildman–Crippen LogP) is 2.73. The van der Waals surface area contributed by atoms with E-state index in [0.717, 1.165) is 11.8 Å². The summed E-state index contributed by atoms with van der Waals surface area (Å²) in [5, 5.41) is 8.75. The molecule has 4 heteroatoms. The van der Waals surface area contributed by atoms with E-state index >= 15 is 0 Å². The van der Waals surface area contributed by atoms with Gasteiger partial charge < -0.3 is 10.2 Å². The molecule has 15 heavy (non-hydrogen) atoms. The molecule has 2 aliphatic heterocycles. The highest BCUT2D eigenvalue weighted by Gasteiger charge is 2.23. The molecule has 0 amide bonds. The first kappa shape index (κ1) is 10.00. The fourth-order valence-electron chi connectivity index (χ4n) is 2.31. The van der Waals surface area contributed by atoms with Gasteiger partial charge in [-0.25, -0.2) is 0 Å². The summed E-state index contributed by atoms with van der Waals surface area (Å²) in [5.41, 5.74) is 1.35. The highest BCUT2D eigenvalue weighted by molar-refractivity contribution is 8.00. The van der Waals surface area contributed by atoms with E-state index in [0.29, 0.717) is 0 Å². The van der Waals surface area contributed by atoms with Crippen molar-refractivity contribution >= 4 is 28.8 Å². The zero-order valence-corrected chi connectivity index (χ0v) is 10.4. The molecule has 1 aromatic heterocycles. The van der Waals surface area contributed by atoms with Crippen molar-refractivity contribution in [3.8, 4) is 0 Å². The number of hydrogen-bond donors (Lipinski definition) is 1. The molecule has 82 valence electrons. The molecular weight excluding hydrogens is 224 g/mol. The van der Waals surface area contributed by atoms with Crippen LogP contribution < -0.4 is 5.32 Å². The molecule has 0 spiro atoms. The zero-order valence-electron chi connectivity index (χ0n) is 8.74. The fraction of sp³-hybridized carbons (Fsp3) is 0.636. The maximum absolute atomic E-state index is 3.53. The molecule has 0 aliphatic carbocycles. The largest absolute Gasteiger partial charge is 0.382 e. The van der Waals surface area contributed by atoms with Gasteiger partial charge in [0.2, 0.25) is 0 Å². The van der Waals surface area contributed by atoms with Crippen molar-refractivity contribution in [1.29, 1.82) is 0 Å². The summed E-state index contributed by atoms with van der Waals surface area (Å²) in [4.78, 5) is 4.06. The van der Waals surface area contributed by atoms with Crippen molar-refractivity contribution in [1.82, 2.24) is 4.90 Å². The second-order valence-corrected chi connectivity index (χ2v) is 6.36. The average molecular weight is 240 g/mol. The molecule has 1 aromatic rings. The van der Waals surface area contributed by atoms with Gasteiger partial charge in [-0.05, 0) is 25.9 Å². The van der Waals surface area contributed by atoms with E-state index in [2.05, 4.69) is 32.7 Å². The van der Waals surface area contributed by atoms with Gasteiger partial charge in [-0.15, -0.1) is 23.1 Å². The fourth-order valence-corrected chi connectivity index (χ4v) is 4.50. The Morgan fingerprint density at radius 3 is 3.07 bits per heavy atom. The lowest BCUT2D eigenvalue weighted by Crippen LogP contribution is -2.34. The highest BCUT2D eigenvalue weighted by Crippen LogP contribution is 2.37. The summed E-state index contributed by atoms with van der Waals surface area (Å²) in [6.45, 7) is 5.01. The quantitative estimate of drug-likeness (QED) is 0.855. The van der Waals surface area contributed by atoms with Crippen LogP contribution in [0.5, 0.6) is 0 Å². The van der Waals surface area contributed by atoms with Gasteiger partial charge in [0.05, 0.1) is 5.69 Å². The molecule has 1 fully saturated rings. The predicted molar refractivity (Wildman–Crippen MR) is 68.1 cm³/mol. The second-order valence-electron chi connectivity index (χ2n) is 4.28. The van der Waals surface area contributed by atoms with Crippen LogP contribution in [0.1, 0.15) is 12.8 Å². The SMILES string of the molecule is c1scc2c1NCC(CN1CCCC1)S2. The lowest BCUT2D eigenvalue weighted by atomic mass is 10.3. The summed E-state index contributed by atoms with van der Waals surface area (Å²) < 4.78 is 0. The maximum Gasteiger partial charge on any atom is 0.0587 e. The van der Waals surface area contributed by atoms with Gasteiger partial charge in [0, 0.05) is 34.0 Å². The number of hydrogen-bond acceptors (Lipinski definition) is 4. The van der Waals surface area contributed by atoms with Gasteiger partial charge in [-0.3, -0.25) is 0 Å². The molecule has 3 heterocycles. The Bertz CT molecular complexity index is 331. The number of nitrogens with zero attached hydrogens (tertiary/aromatic N) is 1. The Balaban J connectivity index is 1.61. The van der Waals surface area contributed by atoms with E-state index in [1.54, 1.807) is 11.3 Å². The molecule has 0 aromatic carbocycles. The number of rotatable bonds is 2. The molecule has 0 saturated carbocycles. The first-order valence-corrected chi connectivity index (χ1v) is 7.43. The summed E-state index contributed by atoms with van der Waals surface area (Å²) in [7, 11) is 0. The van der Waals surface area contributed by atoms with Crippen molar-refractivity contribution in [2.75, 3.05) is 31.5 Å². The van der Waals surface area contributed by atoms with Crippen LogP contribution in [0, 0.1) is 0 Å². The number of fused-ring (bicyclic) bond motifs is 1. The highest BCUT2D eigenvalue weighted by atomic mass is 32.2. The van der Waals surface area contributed by atoms with E-state index < -0.39 is 0 Å². The summed E-state index contributed by atoms with van der Waals surface area (Å²) in [5.74, 6) is 0. The molecule has 3 rings (SSSR count). The monoisotopic (exact) mass is 240 g/mol.